The molecular formula is C15H23FN2. The highest BCUT2D eigenvalue weighted by Crippen LogP contribution is 2.46. The minimum absolute atomic E-state index is 0.0380. The van der Waals surface area contributed by atoms with E-state index in [1.54, 1.807) is 12.1 Å². The first kappa shape index (κ1) is 13.5. The molecule has 0 aromatic heterocycles. The molecule has 0 radical (unpaired) electrons. The van der Waals surface area contributed by atoms with E-state index in [0.29, 0.717) is 5.92 Å². The van der Waals surface area contributed by atoms with Crippen LogP contribution in [-0.2, 0) is 0 Å². The van der Waals surface area contributed by atoms with Crippen LogP contribution in [0.4, 0.5) is 4.39 Å². The van der Waals surface area contributed by atoms with Crippen molar-refractivity contribution in [3.05, 3.63) is 35.6 Å². The van der Waals surface area contributed by atoms with Crippen molar-refractivity contribution in [1.82, 2.24) is 5.43 Å². The Kier molecular flexibility index (Phi) is 4.03. The highest BCUT2D eigenvalue weighted by molar-refractivity contribution is 5.21. The maximum Gasteiger partial charge on any atom is 0.123 e. The number of rotatable bonds is 3. The molecule has 1 aliphatic rings. The van der Waals surface area contributed by atoms with E-state index in [1.165, 1.54) is 25.3 Å². The molecular weight excluding hydrogens is 227 g/mol. The third-order valence-corrected chi connectivity index (χ3v) is 4.38. The van der Waals surface area contributed by atoms with Crippen LogP contribution in [0, 0.1) is 17.2 Å². The highest BCUT2D eigenvalue weighted by Gasteiger charge is 2.37. The van der Waals surface area contributed by atoms with Crippen molar-refractivity contribution in [3.8, 4) is 0 Å². The summed E-state index contributed by atoms with van der Waals surface area (Å²) in [6, 6.07) is 6.82. The molecule has 1 aromatic rings. The third kappa shape index (κ3) is 2.73. The highest BCUT2D eigenvalue weighted by atomic mass is 19.1. The van der Waals surface area contributed by atoms with Gasteiger partial charge in [0, 0.05) is 6.04 Å². The van der Waals surface area contributed by atoms with Crippen LogP contribution in [0.25, 0.3) is 0 Å². The van der Waals surface area contributed by atoms with E-state index in [4.69, 9.17) is 5.84 Å². The Morgan fingerprint density at radius 2 is 2.17 bits per heavy atom. The molecule has 0 bridgehead atoms. The molecule has 3 N–H and O–H groups in total. The topological polar surface area (TPSA) is 38.0 Å². The molecule has 0 aliphatic heterocycles. The fraction of sp³-hybridized carbons (Fsp3) is 0.600. The number of halogens is 1. The van der Waals surface area contributed by atoms with Crippen LogP contribution in [0.15, 0.2) is 24.3 Å². The third-order valence-electron chi connectivity index (χ3n) is 4.38. The second kappa shape index (κ2) is 5.37. The van der Waals surface area contributed by atoms with Gasteiger partial charge in [0.1, 0.15) is 5.82 Å². The number of benzene rings is 1. The van der Waals surface area contributed by atoms with Gasteiger partial charge < -0.3 is 0 Å². The van der Waals surface area contributed by atoms with Gasteiger partial charge in [-0.1, -0.05) is 38.8 Å². The fourth-order valence-electron chi connectivity index (χ4n) is 3.28. The molecule has 18 heavy (non-hydrogen) atoms. The van der Waals surface area contributed by atoms with Gasteiger partial charge >= 0.3 is 0 Å². The molecule has 2 atom stereocenters. The Bertz CT molecular complexity index is 403. The SMILES string of the molecule is CC1(C)CCCCC1C(NN)c1cccc(F)c1. The monoisotopic (exact) mass is 250 g/mol. The lowest BCUT2D eigenvalue weighted by Gasteiger charge is -2.43. The average molecular weight is 250 g/mol. The molecule has 0 heterocycles. The number of nitrogens with one attached hydrogen (secondary N) is 1. The number of hydrogen-bond acceptors (Lipinski definition) is 2. The lowest BCUT2D eigenvalue weighted by molar-refractivity contribution is 0.0981. The van der Waals surface area contributed by atoms with Gasteiger partial charge in [0.05, 0.1) is 0 Å². The largest absolute Gasteiger partial charge is 0.271 e. The number of hydrazine groups is 1. The first-order valence-corrected chi connectivity index (χ1v) is 6.76. The van der Waals surface area contributed by atoms with Crippen LogP contribution in [0.2, 0.25) is 0 Å². The standard InChI is InChI=1S/C15H23FN2/c1-15(2)9-4-3-8-13(15)14(18-17)11-6-5-7-12(16)10-11/h5-7,10,13-14,18H,3-4,8-9,17H2,1-2H3. The van der Waals surface area contributed by atoms with Crippen molar-refractivity contribution in [1.29, 1.82) is 0 Å². The Morgan fingerprint density at radius 1 is 1.39 bits per heavy atom. The zero-order chi connectivity index (χ0) is 13.2. The van der Waals surface area contributed by atoms with E-state index in [9.17, 15) is 4.39 Å². The van der Waals surface area contributed by atoms with Crippen LogP contribution in [0.3, 0.4) is 0 Å². The van der Waals surface area contributed by atoms with Gasteiger partial charge in [0.2, 0.25) is 0 Å². The molecule has 1 saturated carbocycles. The van der Waals surface area contributed by atoms with Gasteiger partial charge in [-0.25, -0.2) is 4.39 Å². The van der Waals surface area contributed by atoms with Crippen LogP contribution < -0.4 is 11.3 Å². The molecule has 2 rings (SSSR count). The second-order valence-electron chi connectivity index (χ2n) is 6.04. The molecule has 0 saturated heterocycles. The Labute approximate surface area is 109 Å². The molecule has 2 nitrogen and oxygen atoms in total. The zero-order valence-electron chi connectivity index (χ0n) is 11.2. The number of hydrogen-bond donors (Lipinski definition) is 2. The summed E-state index contributed by atoms with van der Waals surface area (Å²) in [6.45, 7) is 4.58. The summed E-state index contributed by atoms with van der Waals surface area (Å²) in [5.41, 5.74) is 4.11. The summed E-state index contributed by atoms with van der Waals surface area (Å²) in [6.07, 6.45) is 4.88. The number of nitrogens with two attached hydrogens (primary N) is 1. The van der Waals surface area contributed by atoms with E-state index in [0.717, 1.165) is 12.0 Å². The average Bonchev–Trinajstić information content (AvgIpc) is 2.32. The smallest absolute Gasteiger partial charge is 0.123 e. The fourth-order valence-corrected chi connectivity index (χ4v) is 3.28. The lowest BCUT2D eigenvalue weighted by atomic mass is 9.65. The van der Waals surface area contributed by atoms with Crippen molar-refractivity contribution in [2.24, 2.45) is 17.2 Å². The van der Waals surface area contributed by atoms with E-state index in [1.807, 2.05) is 6.07 Å². The molecule has 0 amide bonds. The van der Waals surface area contributed by atoms with Gasteiger partial charge in [0.15, 0.2) is 0 Å². The van der Waals surface area contributed by atoms with E-state index in [2.05, 4.69) is 19.3 Å². The Balaban J connectivity index is 2.27. The Morgan fingerprint density at radius 3 is 2.78 bits per heavy atom. The first-order chi connectivity index (χ1) is 8.54. The van der Waals surface area contributed by atoms with E-state index in [-0.39, 0.29) is 17.3 Å². The van der Waals surface area contributed by atoms with Crippen molar-refractivity contribution in [2.45, 2.75) is 45.6 Å². The van der Waals surface area contributed by atoms with Crippen molar-refractivity contribution in [3.63, 3.8) is 0 Å². The Hall–Kier alpha value is -0.930. The quantitative estimate of drug-likeness (QED) is 0.636. The van der Waals surface area contributed by atoms with Crippen molar-refractivity contribution >= 4 is 0 Å². The molecule has 100 valence electrons. The molecule has 0 spiro atoms. The van der Waals surface area contributed by atoms with Crippen molar-refractivity contribution in [2.75, 3.05) is 0 Å². The summed E-state index contributed by atoms with van der Waals surface area (Å²) in [5, 5.41) is 0. The molecule has 3 heteroatoms. The van der Waals surface area contributed by atoms with Gasteiger partial charge in [-0.2, -0.15) is 0 Å². The summed E-state index contributed by atoms with van der Waals surface area (Å²) < 4.78 is 13.4. The van der Waals surface area contributed by atoms with Gasteiger partial charge in [-0.3, -0.25) is 11.3 Å². The lowest BCUT2D eigenvalue weighted by Crippen LogP contribution is -2.41. The summed E-state index contributed by atoms with van der Waals surface area (Å²) >= 11 is 0. The molecule has 1 aliphatic carbocycles. The van der Waals surface area contributed by atoms with E-state index < -0.39 is 0 Å². The molecule has 1 aromatic carbocycles. The predicted molar refractivity (Wildman–Crippen MR) is 72.2 cm³/mol. The van der Waals surface area contributed by atoms with Gasteiger partial charge in [-0.15, -0.1) is 0 Å². The van der Waals surface area contributed by atoms with Crippen LogP contribution in [0.1, 0.15) is 51.1 Å². The minimum atomic E-state index is -0.193. The molecule has 2 unspecified atom stereocenters. The van der Waals surface area contributed by atoms with Gasteiger partial charge in [-0.05, 0) is 41.9 Å². The predicted octanol–water partition coefficient (Wildman–Crippen LogP) is 3.55. The van der Waals surface area contributed by atoms with E-state index >= 15 is 0 Å². The van der Waals surface area contributed by atoms with Crippen LogP contribution in [0.5, 0.6) is 0 Å². The van der Waals surface area contributed by atoms with Gasteiger partial charge in [0.25, 0.3) is 0 Å². The summed E-state index contributed by atoms with van der Waals surface area (Å²) in [7, 11) is 0. The first-order valence-electron chi connectivity index (χ1n) is 6.76. The second-order valence-corrected chi connectivity index (χ2v) is 6.04. The zero-order valence-corrected chi connectivity index (χ0v) is 11.2. The van der Waals surface area contributed by atoms with Crippen molar-refractivity contribution < 1.29 is 4.39 Å². The van der Waals surface area contributed by atoms with Crippen LogP contribution >= 0.6 is 0 Å². The molecule has 1 fully saturated rings. The minimum Gasteiger partial charge on any atom is -0.271 e. The maximum atomic E-state index is 13.4. The summed E-state index contributed by atoms with van der Waals surface area (Å²) in [5.74, 6) is 6.00. The van der Waals surface area contributed by atoms with Crippen LogP contribution in [-0.4, -0.2) is 0 Å². The normalized spacial score (nSPS) is 24.8. The summed E-state index contributed by atoms with van der Waals surface area (Å²) in [4.78, 5) is 0. The maximum absolute atomic E-state index is 13.4.